The van der Waals surface area contributed by atoms with Crippen molar-refractivity contribution in [2.75, 3.05) is 0 Å². The highest BCUT2D eigenvalue weighted by Crippen LogP contribution is 2.16. The van der Waals surface area contributed by atoms with Crippen LogP contribution in [0.5, 0.6) is 0 Å². The second kappa shape index (κ2) is 5.46. The molecule has 0 amide bonds. The zero-order valence-corrected chi connectivity index (χ0v) is 9.84. The topological polar surface area (TPSA) is 92.0 Å². The lowest BCUT2D eigenvalue weighted by Crippen LogP contribution is -2.30. The number of carbonyl (C=O) groups is 1. The minimum Gasteiger partial charge on any atom is -0.480 e. The predicted octanol–water partition coefficient (Wildman–Crippen LogP) is 1.42. The number of nitrogens with zero attached hydrogens (tertiary/aromatic N) is 1. The third-order valence-electron chi connectivity index (χ3n) is 2.72. The Balaban J connectivity index is 2.01. The molecule has 4 N–H and O–H groups in total. The molecule has 5 nitrogen and oxygen atoms in total. The zero-order chi connectivity index (χ0) is 13.0. The molecule has 1 atom stereocenters. The van der Waals surface area contributed by atoms with Crippen molar-refractivity contribution in [3.63, 3.8) is 0 Å². The van der Waals surface area contributed by atoms with E-state index in [2.05, 4.69) is 9.97 Å². The van der Waals surface area contributed by atoms with Crippen LogP contribution in [0.4, 0.5) is 0 Å². The van der Waals surface area contributed by atoms with E-state index in [1.807, 2.05) is 30.3 Å². The highest BCUT2D eigenvalue weighted by atomic mass is 16.4. The first-order chi connectivity index (χ1) is 8.66. The fraction of sp³-hybridized carbons (Fsp3) is 0.231. The smallest absolute Gasteiger partial charge is 0.320 e. The molecule has 0 bridgehead atoms. The van der Waals surface area contributed by atoms with E-state index in [4.69, 9.17) is 10.8 Å². The van der Waals surface area contributed by atoms with Gasteiger partial charge < -0.3 is 15.8 Å². The molecule has 94 valence electrons. The summed E-state index contributed by atoms with van der Waals surface area (Å²) in [5.74, 6) is -0.226. The van der Waals surface area contributed by atoms with Gasteiger partial charge in [0.15, 0.2) is 0 Å². The average molecular weight is 245 g/mol. The number of rotatable bonds is 5. The Labute approximate surface area is 105 Å². The largest absolute Gasteiger partial charge is 0.480 e. The van der Waals surface area contributed by atoms with E-state index in [1.165, 1.54) is 0 Å². The molecule has 2 aromatic rings. The number of hydrogen-bond acceptors (Lipinski definition) is 3. The first kappa shape index (κ1) is 12.3. The van der Waals surface area contributed by atoms with Crippen LogP contribution in [0.3, 0.4) is 0 Å². The van der Waals surface area contributed by atoms with Crippen molar-refractivity contribution in [3.8, 4) is 11.3 Å². The number of carboxylic acids is 1. The van der Waals surface area contributed by atoms with Crippen LogP contribution in [0.2, 0.25) is 0 Å². The molecule has 1 heterocycles. The van der Waals surface area contributed by atoms with Crippen LogP contribution in [-0.2, 0) is 11.2 Å². The quantitative estimate of drug-likeness (QED) is 0.742. The molecule has 0 fully saturated rings. The van der Waals surface area contributed by atoms with Crippen molar-refractivity contribution in [2.45, 2.75) is 18.9 Å². The van der Waals surface area contributed by atoms with E-state index in [9.17, 15) is 4.79 Å². The fourth-order valence-corrected chi connectivity index (χ4v) is 1.67. The number of aliphatic carboxylic acids is 1. The van der Waals surface area contributed by atoms with Gasteiger partial charge in [-0.25, -0.2) is 4.98 Å². The number of hydrogen-bond donors (Lipinski definition) is 3. The summed E-state index contributed by atoms with van der Waals surface area (Å²) in [6, 6.07) is 9.00. The van der Waals surface area contributed by atoms with Gasteiger partial charge in [0.05, 0.1) is 11.9 Å². The molecule has 0 saturated heterocycles. The number of imidazole rings is 1. The average Bonchev–Trinajstić information content (AvgIpc) is 2.85. The molecule has 0 radical (unpaired) electrons. The van der Waals surface area contributed by atoms with Gasteiger partial charge in [0, 0.05) is 6.42 Å². The van der Waals surface area contributed by atoms with E-state index in [0.29, 0.717) is 12.8 Å². The Hall–Kier alpha value is -2.14. The van der Waals surface area contributed by atoms with E-state index < -0.39 is 12.0 Å². The van der Waals surface area contributed by atoms with Crippen LogP contribution < -0.4 is 5.73 Å². The SMILES string of the molecule is NC(CCc1ncc(-c2ccccc2)[nH]1)C(=O)O. The van der Waals surface area contributed by atoms with Gasteiger partial charge in [-0.15, -0.1) is 0 Å². The van der Waals surface area contributed by atoms with Crippen LogP contribution in [0.15, 0.2) is 36.5 Å². The van der Waals surface area contributed by atoms with Gasteiger partial charge >= 0.3 is 5.97 Å². The summed E-state index contributed by atoms with van der Waals surface area (Å²) in [6.45, 7) is 0. The summed E-state index contributed by atoms with van der Waals surface area (Å²) in [5.41, 5.74) is 7.42. The maximum absolute atomic E-state index is 10.6. The molecule has 0 saturated carbocycles. The second-order valence-electron chi connectivity index (χ2n) is 4.09. The number of nitrogens with two attached hydrogens (primary N) is 1. The third kappa shape index (κ3) is 2.95. The lowest BCUT2D eigenvalue weighted by Gasteiger charge is -2.03. The van der Waals surface area contributed by atoms with Crippen molar-refractivity contribution >= 4 is 5.97 Å². The summed E-state index contributed by atoms with van der Waals surface area (Å²) in [7, 11) is 0. The maximum Gasteiger partial charge on any atom is 0.320 e. The van der Waals surface area contributed by atoms with Crippen molar-refractivity contribution in [3.05, 3.63) is 42.4 Å². The van der Waals surface area contributed by atoms with E-state index in [-0.39, 0.29) is 0 Å². The van der Waals surface area contributed by atoms with Gasteiger partial charge in [-0.2, -0.15) is 0 Å². The molecule has 0 spiro atoms. The molecule has 0 aliphatic rings. The minimum absolute atomic E-state index is 0.372. The predicted molar refractivity (Wildman–Crippen MR) is 68.0 cm³/mol. The van der Waals surface area contributed by atoms with Gasteiger partial charge in [0.1, 0.15) is 11.9 Å². The highest BCUT2D eigenvalue weighted by molar-refractivity contribution is 5.73. The molecule has 18 heavy (non-hydrogen) atoms. The number of aromatic amines is 1. The van der Waals surface area contributed by atoms with Crippen LogP contribution >= 0.6 is 0 Å². The Kier molecular flexibility index (Phi) is 3.74. The molecule has 0 aliphatic carbocycles. The standard InChI is InChI=1S/C13H15N3O2/c14-10(13(17)18)6-7-12-15-8-11(16-12)9-4-2-1-3-5-9/h1-5,8,10H,6-7,14H2,(H,15,16)(H,17,18). The molecular weight excluding hydrogens is 230 g/mol. The second-order valence-corrected chi connectivity index (χ2v) is 4.09. The lowest BCUT2D eigenvalue weighted by atomic mass is 10.1. The zero-order valence-electron chi connectivity index (χ0n) is 9.84. The number of aromatic nitrogens is 2. The summed E-state index contributed by atoms with van der Waals surface area (Å²) < 4.78 is 0. The van der Waals surface area contributed by atoms with E-state index >= 15 is 0 Å². The number of benzene rings is 1. The van der Waals surface area contributed by atoms with Crippen molar-refractivity contribution in [1.82, 2.24) is 9.97 Å². The fourth-order valence-electron chi connectivity index (χ4n) is 1.67. The van der Waals surface area contributed by atoms with Gasteiger partial charge in [-0.3, -0.25) is 4.79 Å². The molecule has 2 rings (SSSR count). The molecule has 1 aromatic carbocycles. The third-order valence-corrected chi connectivity index (χ3v) is 2.72. The first-order valence-corrected chi connectivity index (χ1v) is 5.74. The minimum atomic E-state index is -0.982. The Morgan fingerprint density at radius 3 is 2.78 bits per heavy atom. The summed E-state index contributed by atoms with van der Waals surface area (Å²) in [5, 5.41) is 8.69. The highest BCUT2D eigenvalue weighted by Gasteiger charge is 2.12. The molecular formula is C13H15N3O2. The normalized spacial score (nSPS) is 12.3. The van der Waals surface area contributed by atoms with Crippen molar-refractivity contribution in [1.29, 1.82) is 0 Å². The molecule has 5 heteroatoms. The Morgan fingerprint density at radius 1 is 1.39 bits per heavy atom. The van der Waals surface area contributed by atoms with Crippen LogP contribution in [-0.4, -0.2) is 27.1 Å². The van der Waals surface area contributed by atoms with Crippen molar-refractivity contribution in [2.24, 2.45) is 5.73 Å². The van der Waals surface area contributed by atoms with Crippen molar-refractivity contribution < 1.29 is 9.90 Å². The van der Waals surface area contributed by atoms with E-state index in [0.717, 1.165) is 17.1 Å². The number of aryl methyl sites for hydroxylation is 1. The number of nitrogens with one attached hydrogen (secondary N) is 1. The summed E-state index contributed by atoms with van der Waals surface area (Å²) >= 11 is 0. The van der Waals surface area contributed by atoms with Gasteiger partial charge in [0.2, 0.25) is 0 Å². The van der Waals surface area contributed by atoms with Crippen LogP contribution in [0.25, 0.3) is 11.3 Å². The first-order valence-electron chi connectivity index (χ1n) is 5.74. The van der Waals surface area contributed by atoms with Gasteiger partial charge in [-0.05, 0) is 12.0 Å². The van der Waals surface area contributed by atoms with Crippen LogP contribution in [0.1, 0.15) is 12.2 Å². The van der Waals surface area contributed by atoms with E-state index in [1.54, 1.807) is 6.20 Å². The van der Waals surface area contributed by atoms with Crippen LogP contribution in [0, 0.1) is 0 Å². The van der Waals surface area contributed by atoms with Gasteiger partial charge in [0.25, 0.3) is 0 Å². The van der Waals surface area contributed by atoms with Gasteiger partial charge in [-0.1, -0.05) is 30.3 Å². The Bertz CT molecular complexity index is 522. The monoisotopic (exact) mass is 245 g/mol. The number of H-pyrrole nitrogens is 1. The molecule has 1 unspecified atom stereocenters. The number of carboxylic acid groups (broad SMARTS) is 1. The lowest BCUT2D eigenvalue weighted by molar-refractivity contribution is -0.138. The maximum atomic E-state index is 10.6. The molecule has 1 aromatic heterocycles. The molecule has 0 aliphatic heterocycles. The summed E-state index contributed by atoms with van der Waals surface area (Å²) in [4.78, 5) is 18.0. The summed E-state index contributed by atoms with van der Waals surface area (Å²) in [6.07, 6.45) is 2.65. The Morgan fingerprint density at radius 2 is 2.11 bits per heavy atom.